The molecule has 1 aromatic heterocycles. The number of rotatable bonds is 7. The summed E-state index contributed by atoms with van der Waals surface area (Å²) >= 11 is 0. The number of hydrogen-bond acceptors (Lipinski definition) is 4. The maximum Gasteiger partial charge on any atom is 0.270 e. The van der Waals surface area contributed by atoms with Gasteiger partial charge in [0.1, 0.15) is 11.5 Å². The summed E-state index contributed by atoms with van der Waals surface area (Å²) in [5.41, 5.74) is 0.460. The van der Waals surface area contributed by atoms with Crippen LogP contribution in [0.2, 0.25) is 0 Å². The predicted molar refractivity (Wildman–Crippen MR) is 76.4 cm³/mol. The molecule has 0 bridgehead atoms. The molecule has 5 heteroatoms. The number of carbonyl (C=O) groups is 1. The summed E-state index contributed by atoms with van der Waals surface area (Å²) in [6, 6.07) is 6.14. The Hall–Kier alpha value is -1.62. The highest BCUT2D eigenvalue weighted by molar-refractivity contribution is 5.92. The normalized spacial score (nSPS) is 14.5. The van der Waals surface area contributed by atoms with E-state index in [2.05, 4.69) is 27.4 Å². The first-order valence-electron chi connectivity index (χ1n) is 6.91. The highest BCUT2D eigenvalue weighted by Crippen LogP contribution is 2.25. The molecular formula is C14H22N4O. The molecule has 0 radical (unpaired) electrons. The molecular weight excluding hydrogens is 240 g/mol. The molecule has 0 unspecified atom stereocenters. The summed E-state index contributed by atoms with van der Waals surface area (Å²) in [6.45, 7) is 4.80. The van der Waals surface area contributed by atoms with E-state index < -0.39 is 0 Å². The van der Waals surface area contributed by atoms with Gasteiger partial charge in [-0.15, -0.1) is 0 Å². The SMILES string of the molecule is CCN(CCNC(=O)c1cccc(NC)n1)C1CC1. The van der Waals surface area contributed by atoms with Crippen LogP contribution in [0.4, 0.5) is 5.82 Å². The predicted octanol–water partition coefficient (Wildman–Crippen LogP) is 1.34. The average molecular weight is 262 g/mol. The lowest BCUT2D eigenvalue weighted by Crippen LogP contribution is -2.36. The lowest BCUT2D eigenvalue weighted by atomic mass is 10.3. The van der Waals surface area contributed by atoms with Crippen LogP contribution in [-0.2, 0) is 0 Å². The van der Waals surface area contributed by atoms with Gasteiger partial charge >= 0.3 is 0 Å². The van der Waals surface area contributed by atoms with Crippen molar-refractivity contribution in [1.82, 2.24) is 15.2 Å². The molecule has 1 aliphatic rings. The summed E-state index contributed by atoms with van der Waals surface area (Å²) in [4.78, 5) is 18.6. The van der Waals surface area contributed by atoms with Crippen LogP contribution < -0.4 is 10.6 Å². The first kappa shape index (κ1) is 13.8. The topological polar surface area (TPSA) is 57.3 Å². The molecule has 1 aliphatic carbocycles. The van der Waals surface area contributed by atoms with Gasteiger partial charge in [0.25, 0.3) is 5.91 Å². The van der Waals surface area contributed by atoms with Gasteiger partial charge in [-0.05, 0) is 31.5 Å². The molecule has 0 aliphatic heterocycles. The second-order valence-electron chi connectivity index (χ2n) is 4.77. The Kier molecular flexibility index (Phi) is 4.74. The number of pyridine rings is 1. The largest absolute Gasteiger partial charge is 0.373 e. The van der Waals surface area contributed by atoms with Crippen molar-refractivity contribution in [3.8, 4) is 0 Å². The monoisotopic (exact) mass is 262 g/mol. The molecule has 0 aromatic carbocycles. The average Bonchev–Trinajstić information content (AvgIpc) is 3.28. The van der Waals surface area contributed by atoms with Crippen LogP contribution in [0.3, 0.4) is 0 Å². The molecule has 5 nitrogen and oxygen atoms in total. The minimum absolute atomic E-state index is 0.107. The fourth-order valence-corrected chi connectivity index (χ4v) is 2.14. The van der Waals surface area contributed by atoms with Gasteiger partial charge in [-0.1, -0.05) is 13.0 Å². The van der Waals surface area contributed by atoms with Gasteiger partial charge in [0.15, 0.2) is 0 Å². The van der Waals surface area contributed by atoms with Gasteiger partial charge in [-0.3, -0.25) is 9.69 Å². The first-order valence-corrected chi connectivity index (χ1v) is 6.91. The summed E-state index contributed by atoms with van der Waals surface area (Å²) in [5, 5.41) is 5.86. The zero-order chi connectivity index (χ0) is 13.7. The summed E-state index contributed by atoms with van der Waals surface area (Å²) < 4.78 is 0. The Morgan fingerprint density at radius 2 is 2.26 bits per heavy atom. The van der Waals surface area contributed by atoms with Crippen molar-refractivity contribution in [3.63, 3.8) is 0 Å². The van der Waals surface area contributed by atoms with E-state index in [1.165, 1.54) is 12.8 Å². The molecule has 19 heavy (non-hydrogen) atoms. The molecule has 1 fully saturated rings. The summed E-state index contributed by atoms with van der Waals surface area (Å²) in [7, 11) is 1.79. The fraction of sp³-hybridized carbons (Fsp3) is 0.571. The van der Waals surface area contributed by atoms with Crippen LogP contribution in [0.5, 0.6) is 0 Å². The number of anilines is 1. The molecule has 1 aromatic rings. The first-order chi connectivity index (χ1) is 9.24. The number of amides is 1. The number of likely N-dealkylation sites (N-methyl/N-ethyl adjacent to an activating group) is 1. The number of carbonyl (C=O) groups excluding carboxylic acids is 1. The van der Waals surface area contributed by atoms with E-state index in [4.69, 9.17) is 0 Å². The van der Waals surface area contributed by atoms with Crippen LogP contribution >= 0.6 is 0 Å². The van der Waals surface area contributed by atoms with E-state index >= 15 is 0 Å². The maximum absolute atomic E-state index is 11.9. The standard InChI is InChI=1S/C14H22N4O/c1-3-18(11-7-8-11)10-9-16-14(19)12-5-4-6-13(15-2)17-12/h4-6,11H,3,7-10H2,1-2H3,(H,15,17)(H,16,19). The third-order valence-electron chi connectivity index (χ3n) is 3.39. The number of aromatic nitrogens is 1. The third-order valence-corrected chi connectivity index (χ3v) is 3.39. The number of nitrogens with one attached hydrogen (secondary N) is 2. The third kappa shape index (κ3) is 3.92. The van der Waals surface area contributed by atoms with Crippen LogP contribution in [-0.4, -0.2) is 48.5 Å². The van der Waals surface area contributed by atoms with Crippen molar-refractivity contribution in [2.24, 2.45) is 0 Å². The van der Waals surface area contributed by atoms with Crippen LogP contribution in [0.1, 0.15) is 30.3 Å². The van der Waals surface area contributed by atoms with Gasteiger partial charge in [0.2, 0.25) is 0 Å². The number of hydrogen-bond donors (Lipinski definition) is 2. The lowest BCUT2D eigenvalue weighted by molar-refractivity contribution is 0.0943. The van der Waals surface area contributed by atoms with E-state index in [1.807, 2.05) is 12.1 Å². The van der Waals surface area contributed by atoms with E-state index in [1.54, 1.807) is 13.1 Å². The molecule has 0 saturated heterocycles. The molecule has 1 heterocycles. The van der Waals surface area contributed by atoms with Crippen molar-refractivity contribution in [2.45, 2.75) is 25.8 Å². The van der Waals surface area contributed by atoms with Gasteiger partial charge in [0.05, 0.1) is 0 Å². The van der Waals surface area contributed by atoms with Crippen molar-refractivity contribution < 1.29 is 4.79 Å². The van der Waals surface area contributed by atoms with Crippen molar-refractivity contribution in [2.75, 3.05) is 32.0 Å². The Morgan fingerprint density at radius 1 is 1.47 bits per heavy atom. The lowest BCUT2D eigenvalue weighted by Gasteiger charge is -2.19. The quantitative estimate of drug-likeness (QED) is 0.778. The van der Waals surface area contributed by atoms with Crippen LogP contribution in [0, 0.1) is 0 Å². The fourth-order valence-electron chi connectivity index (χ4n) is 2.14. The Labute approximate surface area is 114 Å². The molecule has 0 atom stereocenters. The Bertz CT molecular complexity index is 431. The summed E-state index contributed by atoms with van der Waals surface area (Å²) in [6.07, 6.45) is 2.60. The van der Waals surface area contributed by atoms with Gasteiger partial charge in [-0.2, -0.15) is 0 Å². The van der Waals surface area contributed by atoms with E-state index in [-0.39, 0.29) is 5.91 Å². The van der Waals surface area contributed by atoms with E-state index in [0.29, 0.717) is 18.1 Å². The second kappa shape index (κ2) is 6.52. The van der Waals surface area contributed by atoms with Crippen LogP contribution in [0.15, 0.2) is 18.2 Å². The molecule has 1 saturated carbocycles. The minimum Gasteiger partial charge on any atom is -0.373 e. The molecule has 0 spiro atoms. The van der Waals surface area contributed by atoms with Crippen molar-refractivity contribution >= 4 is 11.7 Å². The molecule has 104 valence electrons. The molecule has 2 rings (SSSR count). The molecule has 2 N–H and O–H groups in total. The maximum atomic E-state index is 11.9. The zero-order valence-corrected chi connectivity index (χ0v) is 11.6. The Morgan fingerprint density at radius 3 is 2.89 bits per heavy atom. The van der Waals surface area contributed by atoms with Crippen molar-refractivity contribution in [3.05, 3.63) is 23.9 Å². The van der Waals surface area contributed by atoms with E-state index in [0.717, 1.165) is 19.1 Å². The van der Waals surface area contributed by atoms with E-state index in [9.17, 15) is 4.79 Å². The Balaban J connectivity index is 1.79. The zero-order valence-electron chi connectivity index (χ0n) is 11.6. The number of nitrogens with zero attached hydrogens (tertiary/aromatic N) is 2. The highest BCUT2D eigenvalue weighted by atomic mass is 16.1. The molecule has 1 amide bonds. The van der Waals surface area contributed by atoms with Gasteiger partial charge in [0, 0.05) is 26.2 Å². The van der Waals surface area contributed by atoms with Crippen LogP contribution in [0.25, 0.3) is 0 Å². The van der Waals surface area contributed by atoms with Gasteiger partial charge < -0.3 is 10.6 Å². The van der Waals surface area contributed by atoms with Crippen molar-refractivity contribution in [1.29, 1.82) is 0 Å². The second-order valence-corrected chi connectivity index (χ2v) is 4.77. The smallest absolute Gasteiger partial charge is 0.270 e. The minimum atomic E-state index is -0.107. The van der Waals surface area contributed by atoms with Gasteiger partial charge in [-0.25, -0.2) is 4.98 Å². The summed E-state index contributed by atoms with van der Waals surface area (Å²) in [5.74, 6) is 0.602. The highest BCUT2D eigenvalue weighted by Gasteiger charge is 2.27.